The number of hydrogen-bond donors (Lipinski definition) is 3. The molecule has 3 amide bonds. The van der Waals surface area contributed by atoms with E-state index in [1.54, 1.807) is 7.05 Å². The summed E-state index contributed by atoms with van der Waals surface area (Å²) < 4.78 is 1.14. The zero-order valence-electron chi connectivity index (χ0n) is 14.1. The molecule has 0 unspecified atom stereocenters. The minimum Gasteiger partial charge on any atom is -0.356 e. The predicted molar refractivity (Wildman–Crippen MR) is 99.5 cm³/mol. The van der Waals surface area contributed by atoms with Gasteiger partial charge in [-0.05, 0) is 24.5 Å². The van der Waals surface area contributed by atoms with Crippen LogP contribution in [0.1, 0.15) is 18.4 Å². The number of nitrogens with one attached hydrogen (secondary N) is 3. The fourth-order valence-electron chi connectivity index (χ4n) is 3.02. The standard InChI is InChI=1S/C17H22BrN5O2/c1-19-15(20-8-9-23-14(24)10-21-16(23)25)22-11-17(6-7-17)12-4-2-3-5-13(12)18/h2-5H,6-11H2,1H3,(H,21,25)(H2,19,20,22). The van der Waals surface area contributed by atoms with Crippen LogP contribution in [0.15, 0.2) is 33.7 Å². The molecule has 1 heterocycles. The first-order valence-corrected chi connectivity index (χ1v) is 9.13. The summed E-state index contributed by atoms with van der Waals surface area (Å²) >= 11 is 3.64. The van der Waals surface area contributed by atoms with Crippen molar-refractivity contribution in [1.82, 2.24) is 20.9 Å². The number of carbonyl (C=O) groups is 2. The highest BCUT2D eigenvalue weighted by molar-refractivity contribution is 9.10. The molecule has 0 bridgehead atoms. The van der Waals surface area contributed by atoms with Crippen LogP contribution in [-0.4, -0.2) is 56.0 Å². The van der Waals surface area contributed by atoms with Crippen LogP contribution < -0.4 is 16.0 Å². The van der Waals surface area contributed by atoms with Gasteiger partial charge in [0, 0.05) is 36.6 Å². The third-order valence-corrected chi connectivity index (χ3v) is 5.37. The van der Waals surface area contributed by atoms with Crippen molar-refractivity contribution in [2.24, 2.45) is 4.99 Å². The van der Waals surface area contributed by atoms with Gasteiger partial charge in [-0.3, -0.25) is 14.7 Å². The number of benzene rings is 1. The van der Waals surface area contributed by atoms with E-state index < -0.39 is 0 Å². The van der Waals surface area contributed by atoms with E-state index in [9.17, 15) is 9.59 Å². The Kier molecular flexibility index (Phi) is 5.27. The van der Waals surface area contributed by atoms with Gasteiger partial charge in [-0.1, -0.05) is 34.1 Å². The number of imide groups is 1. The van der Waals surface area contributed by atoms with Crippen LogP contribution in [0, 0.1) is 0 Å². The summed E-state index contributed by atoms with van der Waals surface area (Å²) in [5.74, 6) is 0.478. The van der Waals surface area contributed by atoms with Crippen molar-refractivity contribution in [2.45, 2.75) is 18.3 Å². The summed E-state index contributed by atoms with van der Waals surface area (Å²) in [5.41, 5.74) is 1.46. The zero-order valence-corrected chi connectivity index (χ0v) is 15.7. The molecule has 8 heteroatoms. The Balaban J connectivity index is 1.49. The van der Waals surface area contributed by atoms with E-state index >= 15 is 0 Å². The molecular formula is C17H22BrN5O2. The quantitative estimate of drug-likeness (QED) is 0.375. The highest BCUT2D eigenvalue weighted by atomic mass is 79.9. The first-order chi connectivity index (χ1) is 12.1. The molecule has 1 saturated heterocycles. The second-order valence-corrected chi connectivity index (χ2v) is 7.17. The molecule has 7 nitrogen and oxygen atoms in total. The number of urea groups is 1. The average Bonchev–Trinajstić information content (AvgIpc) is 3.33. The maximum Gasteiger partial charge on any atom is 0.324 e. The Bertz CT molecular complexity index is 686. The Morgan fingerprint density at radius 1 is 1.32 bits per heavy atom. The molecule has 3 N–H and O–H groups in total. The van der Waals surface area contributed by atoms with Crippen molar-refractivity contribution in [2.75, 3.05) is 33.2 Å². The van der Waals surface area contributed by atoms with E-state index in [1.807, 2.05) is 6.07 Å². The Morgan fingerprint density at radius 2 is 2.08 bits per heavy atom. The molecule has 1 aromatic carbocycles. The summed E-state index contributed by atoms with van der Waals surface area (Å²) in [4.78, 5) is 28.5. The molecule has 0 aromatic heterocycles. The van der Waals surface area contributed by atoms with Gasteiger partial charge in [-0.2, -0.15) is 0 Å². The van der Waals surface area contributed by atoms with Crippen molar-refractivity contribution in [3.63, 3.8) is 0 Å². The summed E-state index contributed by atoms with van der Waals surface area (Å²) in [5, 5.41) is 9.02. The predicted octanol–water partition coefficient (Wildman–Crippen LogP) is 1.20. The fourth-order valence-corrected chi connectivity index (χ4v) is 3.73. The van der Waals surface area contributed by atoms with Crippen molar-refractivity contribution in [1.29, 1.82) is 0 Å². The Labute approximate surface area is 155 Å². The third kappa shape index (κ3) is 3.95. The molecule has 134 valence electrons. The first-order valence-electron chi connectivity index (χ1n) is 8.33. The second-order valence-electron chi connectivity index (χ2n) is 6.32. The summed E-state index contributed by atoms with van der Waals surface area (Å²) in [6, 6.07) is 7.98. The van der Waals surface area contributed by atoms with Crippen LogP contribution in [0.2, 0.25) is 0 Å². The van der Waals surface area contributed by atoms with Crippen LogP contribution in [0.25, 0.3) is 0 Å². The number of rotatable bonds is 6. The number of amides is 3. The lowest BCUT2D eigenvalue weighted by atomic mass is 9.96. The number of nitrogens with zero attached hydrogens (tertiary/aromatic N) is 2. The van der Waals surface area contributed by atoms with Crippen molar-refractivity contribution >= 4 is 33.8 Å². The van der Waals surface area contributed by atoms with Crippen LogP contribution in [0.5, 0.6) is 0 Å². The molecule has 0 radical (unpaired) electrons. The van der Waals surface area contributed by atoms with E-state index in [4.69, 9.17) is 0 Å². The van der Waals surface area contributed by atoms with E-state index in [2.05, 4.69) is 55.1 Å². The highest BCUT2D eigenvalue weighted by Crippen LogP contribution is 2.49. The van der Waals surface area contributed by atoms with Crippen LogP contribution in [0.3, 0.4) is 0 Å². The average molecular weight is 408 g/mol. The van der Waals surface area contributed by atoms with Gasteiger partial charge >= 0.3 is 6.03 Å². The van der Waals surface area contributed by atoms with Crippen LogP contribution in [-0.2, 0) is 10.2 Å². The van der Waals surface area contributed by atoms with Crippen molar-refractivity contribution in [3.05, 3.63) is 34.3 Å². The van der Waals surface area contributed by atoms with Gasteiger partial charge in [0.05, 0.1) is 6.54 Å². The molecule has 3 rings (SSSR count). The molecule has 1 aliphatic heterocycles. The lowest BCUT2D eigenvalue weighted by Crippen LogP contribution is -2.45. The molecule has 1 aliphatic carbocycles. The van der Waals surface area contributed by atoms with Crippen molar-refractivity contribution < 1.29 is 9.59 Å². The summed E-state index contributed by atoms with van der Waals surface area (Å²) in [6.45, 7) is 1.65. The minimum atomic E-state index is -0.333. The Hall–Kier alpha value is -2.09. The molecule has 1 saturated carbocycles. The number of guanidine groups is 1. The van der Waals surface area contributed by atoms with E-state index in [-0.39, 0.29) is 23.9 Å². The van der Waals surface area contributed by atoms with Crippen LogP contribution >= 0.6 is 15.9 Å². The van der Waals surface area contributed by atoms with Gasteiger partial charge in [-0.15, -0.1) is 0 Å². The van der Waals surface area contributed by atoms with Crippen LogP contribution in [0.4, 0.5) is 4.79 Å². The molecular weight excluding hydrogens is 386 g/mol. The van der Waals surface area contributed by atoms with Gasteiger partial charge in [-0.25, -0.2) is 4.79 Å². The second kappa shape index (κ2) is 7.43. The molecule has 2 fully saturated rings. The monoisotopic (exact) mass is 407 g/mol. The molecule has 0 spiro atoms. The zero-order chi connectivity index (χ0) is 17.9. The maximum atomic E-state index is 11.5. The number of hydrogen-bond acceptors (Lipinski definition) is 3. The smallest absolute Gasteiger partial charge is 0.324 e. The Morgan fingerprint density at radius 3 is 2.68 bits per heavy atom. The van der Waals surface area contributed by atoms with Gasteiger partial charge in [0.25, 0.3) is 0 Å². The topological polar surface area (TPSA) is 85.8 Å². The molecule has 0 atom stereocenters. The van der Waals surface area contributed by atoms with Gasteiger partial charge in [0.2, 0.25) is 5.91 Å². The first kappa shape index (κ1) is 17.7. The van der Waals surface area contributed by atoms with E-state index in [0.717, 1.165) is 23.9 Å². The largest absolute Gasteiger partial charge is 0.356 e. The van der Waals surface area contributed by atoms with E-state index in [0.29, 0.717) is 19.0 Å². The highest BCUT2D eigenvalue weighted by Gasteiger charge is 2.45. The molecule has 25 heavy (non-hydrogen) atoms. The number of aliphatic imine (C=N–C) groups is 1. The number of halogens is 1. The summed E-state index contributed by atoms with van der Waals surface area (Å²) in [6.07, 6.45) is 2.28. The lowest BCUT2D eigenvalue weighted by Gasteiger charge is -2.20. The van der Waals surface area contributed by atoms with E-state index in [1.165, 1.54) is 10.5 Å². The lowest BCUT2D eigenvalue weighted by molar-refractivity contribution is -0.124. The van der Waals surface area contributed by atoms with Crippen molar-refractivity contribution in [3.8, 4) is 0 Å². The molecule has 2 aliphatic rings. The van der Waals surface area contributed by atoms with Gasteiger partial charge in [0.15, 0.2) is 5.96 Å². The summed E-state index contributed by atoms with van der Waals surface area (Å²) in [7, 11) is 1.71. The molecule has 1 aromatic rings. The minimum absolute atomic E-state index is 0.0836. The normalized spacial score (nSPS) is 19.0. The number of carbonyl (C=O) groups excluding carboxylic acids is 2. The van der Waals surface area contributed by atoms with Gasteiger partial charge < -0.3 is 16.0 Å². The SMILES string of the molecule is CN=C(NCCN1C(=O)CNC1=O)NCC1(c2ccccc2Br)CC1. The maximum absolute atomic E-state index is 11.5. The van der Waals surface area contributed by atoms with Gasteiger partial charge in [0.1, 0.15) is 0 Å². The third-order valence-electron chi connectivity index (χ3n) is 4.68. The fraction of sp³-hybridized carbons (Fsp3) is 0.471.